The van der Waals surface area contributed by atoms with Crippen molar-refractivity contribution in [1.82, 2.24) is 4.31 Å². The van der Waals surface area contributed by atoms with E-state index in [4.69, 9.17) is 9.47 Å². The van der Waals surface area contributed by atoms with Crippen LogP contribution >= 0.6 is 0 Å². The fourth-order valence-corrected chi connectivity index (χ4v) is 3.77. The third-order valence-corrected chi connectivity index (χ3v) is 6.15. The van der Waals surface area contributed by atoms with Gasteiger partial charge >= 0.3 is 0 Å². The number of rotatable bonds is 7. The summed E-state index contributed by atoms with van der Waals surface area (Å²) in [7, 11) is -3.17. The van der Waals surface area contributed by atoms with Crippen LogP contribution < -0.4 is 4.74 Å². The minimum absolute atomic E-state index is 0.0606. The molecule has 7 heteroatoms. The van der Waals surface area contributed by atoms with E-state index in [1.165, 1.54) is 12.1 Å². The Bertz CT molecular complexity index is 581. The van der Waals surface area contributed by atoms with Crippen molar-refractivity contribution in [2.75, 3.05) is 26.3 Å². The Morgan fingerprint density at radius 1 is 1.17 bits per heavy atom. The maximum Gasteiger partial charge on any atom is 0.216 e. The first-order chi connectivity index (χ1) is 10.9. The summed E-state index contributed by atoms with van der Waals surface area (Å²) in [4.78, 5) is 0. The molecule has 1 heterocycles. The van der Waals surface area contributed by atoms with Gasteiger partial charge in [-0.3, -0.25) is 0 Å². The lowest BCUT2D eigenvalue weighted by Gasteiger charge is -2.32. The Hall–Kier alpha value is -1.18. The van der Waals surface area contributed by atoms with Gasteiger partial charge in [-0.15, -0.1) is 0 Å². The lowest BCUT2D eigenvalue weighted by Crippen LogP contribution is -2.43. The molecule has 0 saturated carbocycles. The largest absolute Gasteiger partial charge is 0.491 e. The number of piperidine rings is 1. The number of benzene rings is 1. The quantitative estimate of drug-likeness (QED) is 0.712. The van der Waals surface area contributed by atoms with Crippen LogP contribution in [0.5, 0.6) is 5.75 Å². The van der Waals surface area contributed by atoms with Gasteiger partial charge in [0.2, 0.25) is 10.0 Å². The Kier molecular flexibility index (Phi) is 6.38. The van der Waals surface area contributed by atoms with E-state index < -0.39 is 10.0 Å². The van der Waals surface area contributed by atoms with Gasteiger partial charge in [-0.05, 0) is 51.0 Å². The smallest absolute Gasteiger partial charge is 0.216 e. The first-order valence-electron chi connectivity index (χ1n) is 7.88. The average molecular weight is 345 g/mol. The molecule has 0 amide bonds. The van der Waals surface area contributed by atoms with E-state index in [1.807, 2.05) is 0 Å². The van der Waals surface area contributed by atoms with E-state index in [0.717, 1.165) is 0 Å². The highest BCUT2D eigenvalue weighted by Gasteiger charge is 2.30. The van der Waals surface area contributed by atoms with E-state index in [9.17, 15) is 12.8 Å². The summed E-state index contributed by atoms with van der Waals surface area (Å²) in [6.07, 6.45) is 1.45. The number of ether oxygens (including phenoxy) is 2. The third kappa shape index (κ3) is 5.16. The van der Waals surface area contributed by atoms with Crippen LogP contribution in [0.3, 0.4) is 0 Å². The summed E-state index contributed by atoms with van der Waals surface area (Å²) in [6, 6.07) is 5.84. The Balaban J connectivity index is 1.66. The second kappa shape index (κ2) is 8.08. The van der Waals surface area contributed by atoms with Gasteiger partial charge in [-0.25, -0.2) is 17.1 Å². The van der Waals surface area contributed by atoms with Crippen molar-refractivity contribution < 1.29 is 22.3 Å². The van der Waals surface area contributed by atoms with E-state index in [1.54, 1.807) is 30.3 Å². The van der Waals surface area contributed by atoms with Gasteiger partial charge < -0.3 is 9.47 Å². The van der Waals surface area contributed by atoms with Crippen LogP contribution in [0.15, 0.2) is 24.3 Å². The molecular weight excluding hydrogens is 321 g/mol. The van der Waals surface area contributed by atoms with Crippen molar-refractivity contribution in [2.45, 2.75) is 38.0 Å². The van der Waals surface area contributed by atoms with Crippen LogP contribution in [-0.2, 0) is 14.8 Å². The van der Waals surface area contributed by atoms with Gasteiger partial charge in [0.05, 0.1) is 18.0 Å². The average Bonchev–Trinajstić information content (AvgIpc) is 2.53. The topological polar surface area (TPSA) is 55.8 Å². The Labute approximate surface area is 137 Å². The van der Waals surface area contributed by atoms with Crippen molar-refractivity contribution in [3.8, 4) is 5.75 Å². The molecule has 1 aromatic rings. The molecule has 1 aliphatic heterocycles. The molecule has 0 N–H and O–H groups in total. The van der Waals surface area contributed by atoms with E-state index >= 15 is 0 Å². The van der Waals surface area contributed by atoms with Gasteiger partial charge in [-0.2, -0.15) is 0 Å². The molecule has 1 fully saturated rings. The zero-order chi connectivity index (χ0) is 16.9. The summed E-state index contributed by atoms with van der Waals surface area (Å²) < 4.78 is 49.6. The molecular formula is C16H24FNO4S. The summed E-state index contributed by atoms with van der Waals surface area (Å²) in [5.41, 5.74) is 0. The van der Waals surface area contributed by atoms with Crippen LogP contribution in [0.2, 0.25) is 0 Å². The fraction of sp³-hybridized carbons (Fsp3) is 0.625. The summed E-state index contributed by atoms with van der Waals surface area (Å²) in [6.45, 7) is 5.22. The molecule has 0 spiro atoms. The molecule has 2 rings (SSSR count). The van der Waals surface area contributed by atoms with Crippen LogP contribution in [0.1, 0.15) is 26.7 Å². The number of hydrogen-bond acceptors (Lipinski definition) is 4. The molecule has 0 atom stereocenters. The van der Waals surface area contributed by atoms with Crippen LogP contribution in [0.25, 0.3) is 0 Å². The molecule has 1 saturated heterocycles. The van der Waals surface area contributed by atoms with Gasteiger partial charge in [-0.1, -0.05) is 0 Å². The Morgan fingerprint density at radius 2 is 1.78 bits per heavy atom. The van der Waals surface area contributed by atoms with Gasteiger partial charge in [0.1, 0.15) is 18.2 Å². The lowest BCUT2D eigenvalue weighted by molar-refractivity contribution is 0.00692. The van der Waals surface area contributed by atoms with E-state index in [2.05, 4.69) is 0 Å². The SMILES string of the molecule is CC(C)S(=O)(=O)N1CCC(OCCOc2ccc(F)cc2)CC1. The molecule has 130 valence electrons. The number of halogens is 1. The zero-order valence-corrected chi connectivity index (χ0v) is 14.4. The summed E-state index contributed by atoms with van der Waals surface area (Å²) in [5, 5.41) is -0.385. The predicted octanol–water partition coefficient (Wildman–Crippen LogP) is 2.42. The maximum atomic E-state index is 12.8. The molecule has 0 unspecified atom stereocenters. The molecule has 0 radical (unpaired) electrons. The molecule has 1 aliphatic rings. The first kappa shape index (κ1) is 18.2. The summed E-state index contributed by atoms with van der Waals surface area (Å²) >= 11 is 0. The monoisotopic (exact) mass is 345 g/mol. The first-order valence-corrected chi connectivity index (χ1v) is 9.39. The van der Waals surface area contributed by atoms with Crippen molar-refractivity contribution in [1.29, 1.82) is 0 Å². The van der Waals surface area contributed by atoms with Crippen LogP contribution in [0, 0.1) is 5.82 Å². The van der Waals surface area contributed by atoms with Gasteiger partial charge in [0.25, 0.3) is 0 Å². The zero-order valence-electron chi connectivity index (χ0n) is 13.6. The minimum Gasteiger partial charge on any atom is -0.491 e. The minimum atomic E-state index is -3.17. The lowest BCUT2D eigenvalue weighted by atomic mass is 10.1. The van der Waals surface area contributed by atoms with Crippen LogP contribution in [0.4, 0.5) is 4.39 Å². The summed E-state index contributed by atoms with van der Waals surface area (Å²) in [5.74, 6) is 0.310. The van der Waals surface area contributed by atoms with Crippen LogP contribution in [-0.4, -0.2) is 50.4 Å². The highest BCUT2D eigenvalue weighted by atomic mass is 32.2. The molecule has 5 nitrogen and oxygen atoms in total. The van der Waals surface area contributed by atoms with E-state index in [0.29, 0.717) is 44.9 Å². The highest BCUT2D eigenvalue weighted by Crippen LogP contribution is 2.19. The molecule has 0 bridgehead atoms. The second-order valence-electron chi connectivity index (χ2n) is 5.87. The number of nitrogens with zero attached hydrogens (tertiary/aromatic N) is 1. The molecule has 23 heavy (non-hydrogen) atoms. The van der Waals surface area contributed by atoms with Gasteiger partial charge in [0, 0.05) is 13.1 Å². The number of sulfonamides is 1. The van der Waals surface area contributed by atoms with Crippen molar-refractivity contribution in [3.05, 3.63) is 30.1 Å². The van der Waals surface area contributed by atoms with Crippen molar-refractivity contribution in [2.24, 2.45) is 0 Å². The van der Waals surface area contributed by atoms with Crippen molar-refractivity contribution in [3.63, 3.8) is 0 Å². The number of hydrogen-bond donors (Lipinski definition) is 0. The second-order valence-corrected chi connectivity index (χ2v) is 8.35. The van der Waals surface area contributed by atoms with E-state index in [-0.39, 0.29) is 17.2 Å². The third-order valence-electron chi connectivity index (χ3n) is 3.88. The van der Waals surface area contributed by atoms with Gasteiger partial charge in [0.15, 0.2) is 0 Å². The fourth-order valence-electron chi connectivity index (χ4n) is 2.46. The highest BCUT2D eigenvalue weighted by molar-refractivity contribution is 7.89. The maximum absolute atomic E-state index is 12.8. The molecule has 0 aliphatic carbocycles. The molecule has 1 aromatic carbocycles. The molecule has 0 aromatic heterocycles. The Morgan fingerprint density at radius 3 is 2.35 bits per heavy atom. The predicted molar refractivity (Wildman–Crippen MR) is 86.5 cm³/mol. The normalized spacial score (nSPS) is 17.6. The standard InChI is InChI=1S/C16H24FNO4S/c1-13(2)23(19,20)18-9-7-16(8-10-18)22-12-11-21-15-5-3-14(17)4-6-15/h3-6,13,16H,7-12H2,1-2H3. The van der Waals surface area contributed by atoms with Crippen molar-refractivity contribution >= 4 is 10.0 Å².